The summed E-state index contributed by atoms with van der Waals surface area (Å²) in [5.74, 6) is -0.658. The molecular formula is C31H39N3O4S. The molecule has 3 aromatic rings. The van der Waals surface area contributed by atoms with E-state index in [1.54, 1.807) is 30.3 Å². The molecule has 1 unspecified atom stereocenters. The number of carbonyl (C=O) groups excluding carboxylic acids is 2. The number of hydrogen-bond acceptors (Lipinski definition) is 4. The lowest BCUT2D eigenvalue weighted by Crippen LogP contribution is -2.53. The Morgan fingerprint density at radius 2 is 1.44 bits per heavy atom. The van der Waals surface area contributed by atoms with Crippen molar-refractivity contribution in [2.24, 2.45) is 0 Å². The highest BCUT2D eigenvalue weighted by Crippen LogP contribution is 2.25. The maximum absolute atomic E-state index is 14.0. The number of rotatable bonds is 14. The largest absolute Gasteiger partial charge is 0.354 e. The van der Waals surface area contributed by atoms with Gasteiger partial charge in [0.1, 0.15) is 12.6 Å². The monoisotopic (exact) mass is 549 g/mol. The molecule has 0 fully saturated rings. The highest BCUT2D eigenvalue weighted by molar-refractivity contribution is 7.92. The minimum Gasteiger partial charge on any atom is -0.354 e. The van der Waals surface area contributed by atoms with Crippen LogP contribution in [0.3, 0.4) is 0 Å². The third-order valence-electron chi connectivity index (χ3n) is 6.66. The van der Waals surface area contributed by atoms with Gasteiger partial charge in [-0.1, -0.05) is 81.4 Å². The quantitative estimate of drug-likeness (QED) is 0.312. The van der Waals surface area contributed by atoms with Crippen molar-refractivity contribution < 1.29 is 18.0 Å². The molecule has 0 saturated carbocycles. The number of sulfonamides is 1. The Morgan fingerprint density at radius 3 is 2.00 bits per heavy atom. The number of aryl methyl sites for hydroxylation is 1. The number of hydrogen-bond donors (Lipinski definition) is 1. The second-order valence-corrected chi connectivity index (χ2v) is 11.2. The number of amides is 2. The minimum absolute atomic E-state index is 0.0981. The van der Waals surface area contributed by atoms with Crippen LogP contribution in [0.2, 0.25) is 0 Å². The molecule has 0 aromatic heterocycles. The Morgan fingerprint density at radius 1 is 0.821 bits per heavy atom. The van der Waals surface area contributed by atoms with Crippen LogP contribution in [0.4, 0.5) is 5.69 Å². The molecule has 1 atom stereocenters. The van der Waals surface area contributed by atoms with E-state index in [1.807, 2.05) is 63.2 Å². The summed E-state index contributed by atoms with van der Waals surface area (Å²) in [6.07, 6.45) is 2.54. The second-order valence-electron chi connectivity index (χ2n) is 9.38. The number of nitrogens with one attached hydrogen (secondary N) is 1. The topological polar surface area (TPSA) is 86.8 Å². The zero-order valence-corrected chi connectivity index (χ0v) is 23.9. The third kappa shape index (κ3) is 7.93. The molecule has 0 aliphatic rings. The van der Waals surface area contributed by atoms with Gasteiger partial charge in [0.25, 0.3) is 10.0 Å². The Kier molecular flexibility index (Phi) is 11.1. The lowest BCUT2D eigenvalue weighted by Gasteiger charge is -2.33. The average molecular weight is 550 g/mol. The summed E-state index contributed by atoms with van der Waals surface area (Å²) in [6.45, 7) is 6.23. The zero-order chi connectivity index (χ0) is 28.3. The first-order valence-corrected chi connectivity index (χ1v) is 15.0. The van der Waals surface area contributed by atoms with Crippen molar-refractivity contribution in [1.29, 1.82) is 0 Å². The first kappa shape index (κ1) is 29.9. The highest BCUT2D eigenvalue weighted by Gasteiger charge is 2.33. The SMILES string of the molecule is CCCNC(=O)C(CC)N(CCc1ccccc1)C(=O)CN(c1ccc(CC)cc1)S(=O)(=O)c1ccccc1. The predicted molar refractivity (Wildman–Crippen MR) is 156 cm³/mol. The van der Waals surface area contributed by atoms with Gasteiger partial charge in [0.15, 0.2) is 0 Å². The molecule has 0 aliphatic heterocycles. The van der Waals surface area contributed by atoms with E-state index in [2.05, 4.69) is 5.32 Å². The van der Waals surface area contributed by atoms with E-state index >= 15 is 0 Å². The summed E-state index contributed by atoms with van der Waals surface area (Å²) < 4.78 is 28.8. The number of benzene rings is 3. The van der Waals surface area contributed by atoms with Crippen molar-refractivity contribution >= 4 is 27.5 Å². The molecule has 2 amide bonds. The molecule has 0 aliphatic carbocycles. The van der Waals surface area contributed by atoms with Crippen LogP contribution in [0.5, 0.6) is 0 Å². The molecule has 39 heavy (non-hydrogen) atoms. The molecule has 0 bridgehead atoms. The summed E-state index contributed by atoms with van der Waals surface area (Å²) in [4.78, 5) is 28.7. The van der Waals surface area contributed by atoms with Gasteiger partial charge in [-0.05, 0) is 61.1 Å². The molecule has 0 spiro atoms. The first-order chi connectivity index (χ1) is 18.8. The van der Waals surface area contributed by atoms with Crippen molar-refractivity contribution in [3.8, 4) is 0 Å². The molecule has 0 saturated heterocycles. The van der Waals surface area contributed by atoms with Crippen LogP contribution in [0, 0.1) is 0 Å². The van der Waals surface area contributed by atoms with Gasteiger partial charge >= 0.3 is 0 Å². The normalized spacial score (nSPS) is 12.0. The van der Waals surface area contributed by atoms with Crippen LogP contribution in [0.25, 0.3) is 0 Å². The van der Waals surface area contributed by atoms with Gasteiger partial charge in [0.05, 0.1) is 10.6 Å². The van der Waals surface area contributed by atoms with E-state index < -0.39 is 28.5 Å². The summed E-state index contributed by atoms with van der Waals surface area (Å²) in [7, 11) is -4.05. The van der Waals surface area contributed by atoms with Crippen molar-refractivity contribution in [3.05, 3.63) is 96.1 Å². The smallest absolute Gasteiger partial charge is 0.264 e. The maximum Gasteiger partial charge on any atom is 0.264 e. The molecule has 208 valence electrons. The third-order valence-corrected chi connectivity index (χ3v) is 8.45. The molecule has 3 rings (SSSR count). The lowest BCUT2D eigenvalue weighted by molar-refractivity contribution is -0.139. The van der Waals surface area contributed by atoms with Crippen molar-refractivity contribution in [3.63, 3.8) is 0 Å². The fourth-order valence-corrected chi connectivity index (χ4v) is 5.84. The molecule has 7 nitrogen and oxygen atoms in total. The van der Waals surface area contributed by atoms with E-state index in [0.29, 0.717) is 25.1 Å². The van der Waals surface area contributed by atoms with Gasteiger partial charge in [-0.15, -0.1) is 0 Å². The standard InChI is InChI=1S/C31H39N3O4S/c1-4-22-32-31(36)29(6-3)33(23-21-26-13-9-7-10-14-26)30(35)24-34(27-19-17-25(5-2)18-20-27)39(37,38)28-15-11-8-12-16-28/h7-20,29H,4-6,21-24H2,1-3H3,(H,32,36). The molecular weight excluding hydrogens is 510 g/mol. The predicted octanol–water partition coefficient (Wildman–Crippen LogP) is 4.82. The van der Waals surface area contributed by atoms with E-state index in [0.717, 1.165) is 28.3 Å². The zero-order valence-electron chi connectivity index (χ0n) is 23.0. The lowest BCUT2D eigenvalue weighted by atomic mass is 10.1. The van der Waals surface area contributed by atoms with Gasteiger partial charge in [0.2, 0.25) is 11.8 Å². The minimum atomic E-state index is -4.05. The Bertz CT molecular complexity index is 1300. The molecule has 0 radical (unpaired) electrons. The Hall–Kier alpha value is -3.65. The summed E-state index contributed by atoms with van der Waals surface area (Å²) in [5, 5.41) is 2.91. The van der Waals surface area contributed by atoms with Crippen LogP contribution in [0.15, 0.2) is 89.8 Å². The van der Waals surface area contributed by atoms with Crippen molar-refractivity contribution in [2.45, 2.75) is 57.4 Å². The molecule has 0 heterocycles. The summed E-state index contributed by atoms with van der Waals surface area (Å²) >= 11 is 0. The average Bonchev–Trinajstić information content (AvgIpc) is 2.97. The van der Waals surface area contributed by atoms with Crippen LogP contribution in [-0.2, 0) is 32.5 Å². The second kappa shape index (κ2) is 14.5. The van der Waals surface area contributed by atoms with E-state index in [-0.39, 0.29) is 17.3 Å². The Balaban J connectivity index is 1.98. The van der Waals surface area contributed by atoms with Crippen molar-refractivity contribution in [1.82, 2.24) is 10.2 Å². The van der Waals surface area contributed by atoms with Crippen LogP contribution in [0.1, 0.15) is 44.7 Å². The van der Waals surface area contributed by atoms with Gasteiger partial charge < -0.3 is 10.2 Å². The fourth-order valence-electron chi connectivity index (χ4n) is 4.41. The highest BCUT2D eigenvalue weighted by atomic mass is 32.2. The van der Waals surface area contributed by atoms with Crippen LogP contribution < -0.4 is 9.62 Å². The first-order valence-electron chi connectivity index (χ1n) is 13.6. The van der Waals surface area contributed by atoms with Gasteiger partial charge in [-0.3, -0.25) is 13.9 Å². The number of anilines is 1. The Labute approximate surface area is 232 Å². The van der Waals surface area contributed by atoms with E-state index in [1.165, 1.54) is 17.0 Å². The van der Waals surface area contributed by atoms with E-state index in [4.69, 9.17) is 0 Å². The van der Waals surface area contributed by atoms with Gasteiger partial charge in [-0.25, -0.2) is 8.42 Å². The van der Waals surface area contributed by atoms with Crippen LogP contribution in [-0.4, -0.2) is 50.8 Å². The maximum atomic E-state index is 14.0. The number of nitrogens with zero attached hydrogens (tertiary/aromatic N) is 2. The van der Waals surface area contributed by atoms with Crippen molar-refractivity contribution in [2.75, 3.05) is 23.9 Å². The summed E-state index contributed by atoms with van der Waals surface area (Å²) in [6, 6.07) is 24.3. The number of carbonyl (C=O) groups is 2. The van der Waals surface area contributed by atoms with E-state index in [9.17, 15) is 18.0 Å². The molecule has 1 N–H and O–H groups in total. The van der Waals surface area contributed by atoms with Gasteiger partial charge in [0, 0.05) is 13.1 Å². The van der Waals surface area contributed by atoms with Gasteiger partial charge in [-0.2, -0.15) is 0 Å². The molecule has 8 heteroatoms. The molecule has 3 aromatic carbocycles. The summed E-state index contributed by atoms with van der Waals surface area (Å²) in [5.41, 5.74) is 2.49. The van der Waals surface area contributed by atoms with Crippen LogP contribution >= 0.6 is 0 Å². The fraction of sp³-hybridized carbons (Fsp3) is 0.355.